The molecule has 61 heavy (non-hydrogen) atoms. The number of likely N-dealkylation sites (N-methyl/N-ethyl adjacent to an activating group) is 2. The third kappa shape index (κ3) is 13.7. The minimum atomic E-state index is -4.82. The van der Waals surface area contributed by atoms with E-state index in [-0.39, 0.29) is 76.2 Å². The molecule has 1 aliphatic carbocycles. The van der Waals surface area contributed by atoms with Gasteiger partial charge in [0.2, 0.25) is 41.4 Å². The van der Waals surface area contributed by atoms with E-state index in [1.54, 1.807) is 32.2 Å². The highest BCUT2D eigenvalue weighted by molar-refractivity contribution is 6.33. The smallest absolute Gasteiger partial charge is 0.344 e. The SMILES string of the molecule is CC[C@H](NC(=O)C1(C(F)(F)F)CCCCC1)C(=O)N[C@@H](C)C(=O)N[C@H]1CCCCN(C)C(=O)[C@@H](CC)NC(=O)[C@H](Cc2cc(Cl)ccc2Cl)N(C)C(=O)[C@H](CC(C)C)NC1=O. The molecule has 0 bridgehead atoms. The fourth-order valence-corrected chi connectivity index (χ4v) is 8.14. The van der Waals surface area contributed by atoms with Gasteiger partial charge in [0.05, 0.1) is 0 Å². The van der Waals surface area contributed by atoms with Gasteiger partial charge in [-0.25, -0.2) is 0 Å². The van der Waals surface area contributed by atoms with Crippen LogP contribution in [0.4, 0.5) is 13.2 Å². The molecule has 19 heteroatoms. The Morgan fingerprint density at radius 2 is 1.51 bits per heavy atom. The van der Waals surface area contributed by atoms with Crippen LogP contribution < -0.4 is 26.6 Å². The minimum absolute atomic E-state index is 0.0603. The summed E-state index contributed by atoms with van der Waals surface area (Å²) in [6.45, 7) is 8.52. The fourth-order valence-electron chi connectivity index (χ4n) is 7.75. The van der Waals surface area contributed by atoms with Crippen molar-refractivity contribution in [1.29, 1.82) is 0 Å². The van der Waals surface area contributed by atoms with E-state index in [1.165, 1.54) is 30.7 Å². The second-order valence-corrected chi connectivity index (χ2v) is 17.5. The molecule has 5 N–H and O–H groups in total. The molecule has 0 radical (unpaired) electrons. The molecule has 3 rings (SSSR count). The number of alkyl halides is 3. The van der Waals surface area contributed by atoms with E-state index in [2.05, 4.69) is 26.6 Å². The average molecular weight is 905 g/mol. The van der Waals surface area contributed by atoms with Crippen LogP contribution >= 0.6 is 23.2 Å². The zero-order valence-electron chi connectivity index (χ0n) is 36.1. The molecule has 1 heterocycles. The van der Waals surface area contributed by atoms with E-state index in [0.717, 1.165) is 0 Å². The largest absolute Gasteiger partial charge is 0.403 e. The van der Waals surface area contributed by atoms with Crippen molar-refractivity contribution in [2.24, 2.45) is 11.3 Å². The molecule has 0 aromatic heterocycles. The van der Waals surface area contributed by atoms with Gasteiger partial charge in [0.25, 0.3) is 0 Å². The van der Waals surface area contributed by atoms with Crippen LogP contribution in [0.2, 0.25) is 10.0 Å². The van der Waals surface area contributed by atoms with E-state index >= 15 is 0 Å². The average Bonchev–Trinajstić information content (AvgIpc) is 3.20. The summed E-state index contributed by atoms with van der Waals surface area (Å²) in [5.41, 5.74) is -2.14. The van der Waals surface area contributed by atoms with E-state index in [1.807, 2.05) is 13.8 Å². The molecule has 1 aliphatic heterocycles. The standard InChI is InChI=1S/C42H62Cl2F3N7O7/c1-8-29(52-40(61)41(42(45,46)47)18-12-10-13-19-41)35(56)48-25(5)34(55)50-31-15-11-14-20-53(6)38(59)30(9-2)49-37(58)33(23-26-22-27(43)16-17-28(26)44)54(7)39(60)32(21-24(3)4)51-36(31)57/h16-17,22,24-25,29-33H,8-15,18-21,23H2,1-7H3,(H,48,56)(H,49,58)(H,50,55)(H,51,57)(H,52,61)/t25-,29-,30+,31-,32-,33-/m0/s1. The van der Waals surface area contributed by atoms with Crippen molar-refractivity contribution in [3.63, 3.8) is 0 Å². The number of carbonyl (C=O) groups excluding carboxylic acids is 7. The van der Waals surface area contributed by atoms with Gasteiger partial charge in [-0.2, -0.15) is 13.2 Å². The summed E-state index contributed by atoms with van der Waals surface area (Å²) < 4.78 is 42.6. The summed E-state index contributed by atoms with van der Waals surface area (Å²) in [5, 5.41) is 13.6. The number of rotatable bonds is 12. The molecule has 2 aliphatic rings. The predicted molar refractivity (Wildman–Crippen MR) is 225 cm³/mol. The molecular formula is C42H62Cl2F3N7O7. The first-order valence-electron chi connectivity index (χ1n) is 21.1. The van der Waals surface area contributed by atoms with E-state index in [0.29, 0.717) is 34.9 Å². The Kier molecular flexibility index (Phi) is 19.2. The molecule has 1 aromatic rings. The summed E-state index contributed by atoms with van der Waals surface area (Å²) in [6.07, 6.45) is -3.54. The van der Waals surface area contributed by atoms with Crippen LogP contribution in [0.5, 0.6) is 0 Å². The van der Waals surface area contributed by atoms with Gasteiger partial charge >= 0.3 is 6.18 Å². The number of carbonyl (C=O) groups is 7. The highest BCUT2D eigenvalue weighted by Gasteiger charge is 2.60. The molecule has 6 atom stereocenters. The Morgan fingerprint density at radius 3 is 2.10 bits per heavy atom. The number of benzene rings is 1. The molecule has 1 saturated carbocycles. The Balaban J connectivity index is 1.89. The van der Waals surface area contributed by atoms with Crippen LogP contribution in [0.25, 0.3) is 0 Å². The lowest BCUT2D eigenvalue weighted by atomic mass is 9.72. The predicted octanol–water partition coefficient (Wildman–Crippen LogP) is 4.83. The summed E-state index contributed by atoms with van der Waals surface area (Å²) >= 11 is 12.8. The van der Waals surface area contributed by atoms with Crippen LogP contribution in [-0.4, -0.2) is 114 Å². The Hall–Kier alpha value is -4.12. The van der Waals surface area contributed by atoms with E-state index < -0.39 is 83.3 Å². The first-order chi connectivity index (χ1) is 28.6. The molecule has 0 spiro atoms. The van der Waals surface area contributed by atoms with Crippen LogP contribution in [0.15, 0.2) is 18.2 Å². The number of halogens is 5. The molecule has 14 nitrogen and oxygen atoms in total. The summed E-state index contributed by atoms with van der Waals surface area (Å²) in [6, 6.07) is -2.47. The van der Waals surface area contributed by atoms with Gasteiger partial charge in [-0.15, -0.1) is 0 Å². The third-order valence-corrected chi connectivity index (χ3v) is 12.2. The highest BCUT2D eigenvalue weighted by Crippen LogP contribution is 2.49. The van der Waals surface area contributed by atoms with Crippen molar-refractivity contribution in [3.8, 4) is 0 Å². The van der Waals surface area contributed by atoms with Crippen molar-refractivity contribution in [2.45, 2.75) is 154 Å². The van der Waals surface area contributed by atoms with Crippen molar-refractivity contribution in [3.05, 3.63) is 33.8 Å². The Morgan fingerprint density at radius 1 is 0.869 bits per heavy atom. The van der Waals surface area contributed by atoms with Crippen LogP contribution in [-0.2, 0) is 40.0 Å². The zero-order valence-corrected chi connectivity index (χ0v) is 37.6. The van der Waals surface area contributed by atoms with Crippen LogP contribution in [0.3, 0.4) is 0 Å². The zero-order chi connectivity index (χ0) is 45.8. The quantitative estimate of drug-likeness (QED) is 0.199. The molecular weight excluding hydrogens is 842 g/mol. The Bertz CT molecular complexity index is 1740. The number of amides is 7. The summed E-state index contributed by atoms with van der Waals surface area (Å²) in [4.78, 5) is 98.8. The molecule has 342 valence electrons. The van der Waals surface area contributed by atoms with Crippen molar-refractivity contribution in [1.82, 2.24) is 36.4 Å². The maximum Gasteiger partial charge on any atom is 0.403 e. The monoisotopic (exact) mass is 903 g/mol. The number of hydrogen-bond donors (Lipinski definition) is 5. The lowest BCUT2D eigenvalue weighted by molar-refractivity contribution is -0.230. The minimum Gasteiger partial charge on any atom is -0.344 e. The number of nitrogens with one attached hydrogen (secondary N) is 5. The highest BCUT2D eigenvalue weighted by atomic mass is 35.5. The molecule has 7 amide bonds. The van der Waals surface area contributed by atoms with Crippen molar-refractivity contribution < 1.29 is 46.7 Å². The maximum absolute atomic E-state index is 14.4. The fraction of sp³-hybridized carbons (Fsp3) is 0.690. The summed E-state index contributed by atoms with van der Waals surface area (Å²) in [5.74, 6) is -5.42. The van der Waals surface area contributed by atoms with E-state index in [4.69, 9.17) is 23.2 Å². The van der Waals surface area contributed by atoms with Gasteiger partial charge in [0.15, 0.2) is 0 Å². The van der Waals surface area contributed by atoms with Crippen LogP contribution in [0, 0.1) is 11.3 Å². The molecule has 0 unspecified atom stereocenters. The molecule has 1 aromatic carbocycles. The van der Waals surface area contributed by atoms with Gasteiger partial charge in [0, 0.05) is 37.1 Å². The molecule has 1 saturated heterocycles. The number of hydrogen-bond acceptors (Lipinski definition) is 7. The summed E-state index contributed by atoms with van der Waals surface area (Å²) in [7, 11) is 2.99. The second-order valence-electron chi connectivity index (χ2n) is 16.7. The topological polar surface area (TPSA) is 186 Å². The van der Waals surface area contributed by atoms with Crippen molar-refractivity contribution in [2.75, 3.05) is 20.6 Å². The first-order valence-corrected chi connectivity index (χ1v) is 21.9. The maximum atomic E-state index is 14.4. The second kappa shape index (κ2) is 22.8. The van der Waals surface area contributed by atoms with Gasteiger partial charge in [-0.05, 0) is 88.0 Å². The van der Waals surface area contributed by atoms with Gasteiger partial charge < -0.3 is 36.4 Å². The molecule has 2 fully saturated rings. The lowest BCUT2D eigenvalue weighted by Gasteiger charge is -2.38. The lowest BCUT2D eigenvalue weighted by Crippen LogP contribution is -2.60. The van der Waals surface area contributed by atoms with Crippen LogP contribution in [0.1, 0.15) is 111 Å². The van der Waals surface area contributed by atoms with Crippen molar-refractivity contribution >= 4 is 64.6 Å². The third-order valence-electron chi connectivity index (χ3n) is 11.6. The normalized spacial score (nSPS) is 23.4. The Labute approximate surface area is 366 Å². The van der Waals surface area contributed by atoms with Gasteiger partial charge in [-0.3, -0.25) is 33.6 Å². The van der Waals surface area contributed by atoms with Gasteiger partial charge in [-0.1, -0.05) is 70.2 Å². The van der Waals surface area contributed by atoms with E-state index in [9.17, 15) is 46.7 Å². The van der Waals surface area contributed by atoms with Gasteiger partial charge in [0.1, 0.15) is 41.7 Å². The first kappa shape index (κ1) is 51.2. The number of nitrogens with zero attached hydrogens (tertiary/aromatic N) is 2.